The molecule has 0 bridgehead atoms. The van der Waals surface area contributed by atoms with Crippen LogP contribution < -0.4 is 0 Å². The SMILES string of the molecule is OC1C=Cc2ccccc2C1(O)O. The summed E-state index contributed by atoms with van der Waals surface area (Å²) in [6, 6.07) is 6.85. The fraction of sp³-hybridized carbons (Fsp3) is 0.200. The quantitative estimate of drug-likeness (QED) is 0.498. The fourth-order valence-electron chi connectivity index (χ4n) is 1.47. The maximum atomic E-state index is 9.55. The lowest BCUT2D eigenvalue weighted by molar-refractivity contribution is -0.221. The standard InChI is InChI=1S/C10H10O3/c11-9-6-5-7-3-1-2-4-8(7)10(9,12)13/h1-6,9,11-13H. The highest BCUT2D eigenvalue weighted by atomic mass is 16.5. The van der Waals surface area contributed by atoms with E-state index in [1.165, 1.54) is 6.08 Å². The van der Waals surface area contributed by atoms with E-state index >= 15 is 0 Å². The number of rotatable bonds is 0. The molecule has 1 aliphatic rings. The van der Waals surface area contributed by atoms with E-state index in [0.29, 0.717) is 5.56 Å². The molecule has 0 aromatic heterocycles. The van der Waals surface area contributed by atoms with Crippen molar-refractivity contribution in [3.8, 4) is 0 Å². The Kier molecular flexibility index (Phi) is 1.73. The zero-order valence-corrected chi connectivity index (χ0v) is 6.88. The first-order valence-electron chi connectivity index (χ1n) is 4.03. The number of aliphatic hydroxyl groups is 3. The van der Waals surface area contributed by atoms with Gasteiger partial charge in [-0.2, -0.15) is 0 Å². The maximum absolute atomic E-state index is 9.55. The van der Waals surface area contributed by atoms with E-state index < -0.39 is 11.9 Å². The molecule has 3 nitrogen and oxygen atoms in total. The Morgan fingerprint density at radius 3 is 2.62 bits per heavy atom. The van der Waals surface area contributed by atoms with Crippen molar-refractivity contribution in [3.63, 3.8) is 0 Å². The van der Waals surface area contributed by atoms with Crippen molar-refractivity contribution in [1.29, 1.82) is 0 Å². The molecule has 0 heterocycles. The topological polar surface area (TPSA) is 60.7 Å². The highest BCUT2D eigenvalue weighted by molar-refractivity contribution is 5.59. The zero-order valence-electron chi connectivity index (χ0n) is 6.88. The smallest absolute Gasteiger partial charge is 0.221 e. The van der Waals surface area contributed by atoms with Crippen molar-refractivity contribution >= 4 is 6.08 Å². The van der Waals surface area contributed by atoms with Gasteiger partial charge in [-0.15, -0.1) is 0 Å². The molecule has 2 rings (SSSR count). The Hall–Kier alpha value is -1.16. The van der Waals surface area contributed by atoms with Crippen LogP contribution in [0.1, 0.15) is 11.1 Å². The third kappa shape index (κ3) is 1.18. The van der Waals surface area contributed by atoms with Crippen molar-refractivity contribution in [2.24, 2.45) is 0 Å². The van der Waals surface area contributed by atoms with Gasteiger partial charge in [-0.05, 0) is 11.6 Å². The van der Waals surface area contributed by atoms with Gasteiger partial charge in [0, 0.05) is 5.56 Å². The van der Waals surface area contributed by atoms with Gasteiger partial charge < -0.3 is 15.3 Å². The first kappa shape index (κ1) is 8.44. The van der Waals surface area contributed by atoms with Crippen molar-refractivity contribution in [3.05, 3.63) is 41.5 Å². The second kappa shape index (κ2) is 2.67. The normalized spacial score (nSPS) is 24.1. The molecule has 0 spiro atoms. The van der Waals surface area contributed by atoms with Crippen LogP contribution in [0.5, 0.6) is 0 Å². The third-order valence-corrected chi connectivity index (χ3v) is 2.23. The monoisotopic (exact) mass is 178 g/mol. The molecule has 3 N–H and O–H groups in total. The lowest BCUT2D eigenvalue weighted by Gasteiger charge is -2.30. The molecule has 1 aromatic rings. The summed E-state index contributed by atoms with van der Waals surface area (Å²) in [4.78, 5) is 0. The molecule has 68 valence electrons. The van der Waals surface area contributed by atoms with E-state index in [2.05, 4.69) is 0 Å². The summed E-state index contributed by atoms with van der Waals surface area (Å²) in [6.07, 6.45) is 1.77. The molecular weight excluding hydrogens is 168 g/mol. The van der Waals surface area contributed by atoms with Crippen LogP contribution in [0, 0.1) is 0 Å². The summed E-state index contributed by atoms with van der Waals surface area (Å²) >= 11 is 0. The van der Waals surface area contributed by atoms with Gasteiger partial charge >= 0.3 is 0 Å². The molecule has 0 saturated heterocycles. The Morgan fingerprint density at radius 2 is 1.85 bits per heavy atom. The Labute approximate surface area is 75.6 Å². The van der Waals surface area contributed by atoms with Crippen LogP contribution in [0.4, 0.5) is 0 Å². The van der Waals surface area contributed by atoms with Gasteiger partial charge in [-0.25, -0.2) is 0 Å². The third-order valence-electron chi connectivity index (χ3n) is 2.23. The lowest BCUT2D eigenvalue weighted by atomic mass is 9.90. The van der Waals surface area contributed by atoms with Crippen molar-refractivity contribution < 1.29 is 15.3 Å². The molecule has 1 atom stereocenters. The second-order valence-electron chi connectivity index (χ2n) is 3.12. The average Bonchev–Trinajstić information content (AvgIpc) is 2.13. The predicted molar refractivity (Wildman–Crippen MR) is 47.6 cm³/mol. The van der Waals surface area contributed by atoms with E-state index in [1.54, 1.807) is 30.3 Å². The molecule has 13 heavy (non-hydrogen) atoms. The summed E-state index contributed by atoms with van der Waals surface area (Å²) in [7, 11) is 0. The molecule has 0 saturated carbocycles. The molecule has 1 aromatic carbocycles. The first-order valence-corrected chi connectivity index (χ1v) is 4.03. The number of fused-ring (bicyclic) bond motifs is 1. The summed E-state index contributed by atoms with van der Waals surface area (Å²) in [6.45, 7) is 0. The molecule has 3 heteroatoms. The van der Waals surface area contributed by atoms with Crippen LogP contribution in [0.25, 0.3) is 6.08 Å². The van der Waals surface area contributed by atoms with Gasteiger partial charge in [-0.1, -0.05) is 30.3 Å². The largest absolute Gasteiger partial charge is 0.383 e. The minimum absolute atomic E-state index is 0.338. The minimum Gasteiger partial charge on any atom is -0.383 e. The molecular formula is C10H10O3. The van der Waals surface area contributed by atoms with Gasteiger partial charge in [-0.3, -0.25) is 0 Å². The van der Waals surface area contributed by atoms with Crippen LogP contribution >= 0.6 is 0 Å². The molecule has 0 fully saturated rings. The molecule has 1 unspecified atom stereocenters. The highest BCUT2D eigenvalue weighted by Gasteiger charge is 2.37. The number of aliphatic hydroxyl groups excluding tert-OH is 1. The molecule has 0 radical (unpaired) electrons. The van der Waals surface area contributed by atoms with E-state index in [-0.39, 0.29) is 0 Å². The van der Waals surface area contributed by atoms with Gasteiger partial charge in [0.2, 0.25) is 5.79 Å². The zero-order chi connectivity index (χ0) is 9.47. The van der Waals surface area contributed by atoms with Gasteiger partial charge in [0.05, 0.1) is 0 Å². The lowest BCUT2D eigenvalue weighted by Crippen LogP contribution is -2.40. The maximum Gasteiger partial charge on any atom is 0.221 e. The van der Waals surface area contributed by atoms with Gasteiger partial charge in [0.25, 0.3) is 0 Å². The minimum atomic E-state index is -2.16. The Bertz CT molecular complexity index is 355. The van der Waals surface area contributed by atoms with E-state index in [4.69, 9.17) is 0 Å². The number of hydrogen-bond acceptors (Lipinski definition) is 3. The van der Waals surface area contributed by atoms with Crippen LogP contribution in [-0.4, -0.2) is 21.4 Å². The van der Waals surface area contributed by atoms with E-state index in [1.807, 2.05) is 0 Å². The van der Waals surface area contributed by atoms with Crippen LogP contribution in [0.2, 0.25) is 0 Å². The van der Waals surface area contributed by atoms with E-state index in [9.17, 15) is 15.3 Å². The van der Waals surface area contributed by atoms with Crippen molar-refractivity contribution in [2.45, 2.75) is 11.9 Å². The average molecular weight is 178 g/mol. The van der Waals surface area contributed by atoms with Crippen LogP contribution in [-0.2, 0) is 5.79 Å². The van der Waals surface area contributed by atoms with Crippen LogP contribution in [0.15, 0.2) is 30.3 Å². The first-order chi connectivity index (χ1) is 6.12. The van der Waals surface area contributed by atoms with Gasteiger partial charge in [0.1, 0.15) is 6.10 Å². The number of benzene rings is 1. The highest BCUT2D eigenvalue weighted by Crippen LogP contribution is 2.31. The fourth-order valence-corrected chi connectivity index (χ4v) is 1.47. The molecule has 1 aliphatic carbocycles. The Morgan fingerprint density at radius 1 is 1.15 bits per heavy atom. The predicted octanol–water partition coefficient (Wildman–Crippen LogP) is 0.212. The Balaban J connectivity index is 2.61. The summed E-state index contributed by atoms with van der Waals surface area (Å²) in [5, 5.41) is 28.4. The summed E-state index contributed by atoms with van der Waals surface area (Å²) < 4.78 is 0. The summed E-state index contributed by atoms with van der Waals surface area (Å²) in [5.41, 5.74) is 1.06. The number of hydrogen-bond donors (Lipinski definition) is 3. The van der Waals surface area contributed by atoms with Crippen molar-refractivity contribution in [2.75, 3.05) is 0 Å². The van der Waals surface area contributed by atoms with Crippen molar-refractivity contribution in [1.82, 2.24) is 0 Å². The van der Waals surface area contributed by atoms with Crippen LogP contribution in [0.3, 0.4) is 0 Å². The van der Waals surface area contributed by atoms with E-state index in [0.717, 1.165) is 5.56 Å². The molecule has 0 amide bonds. The second-order valence-corrected chi connectivity index (χ2v) is 3.12. The summed E-state index contributed by atoms with van der Waals surface area (Å²) in [5.74, 6) is -2.16. The van der Waals surface area contributed by atoms with Gasteiger partial charge in [0.15, 0.2) is 0 Å². The molecule has 0 aliphatic heterocycles.